The lowest BCUT2D eigenvalue weighted by molar-refractivity contribution is -0.102. The molecule has 2 heterocycles. The maximum absolute atomic E-state index is 4.77. The Morgan fingerprint density at radius 3 is 2.23 bits per heavy atom. The molecule has 0 unspecified atom stereocenters. The van der Waals surface area contributed by atoms with Crippen LogP contribution in [0.1, 0.15) is 44.3 Å². The standard InChI is InChI=1S/C22H30N4/c1-2-4-20-19(3-1)23-21(24-20)15-25-5-7-26(8-6-25)22-12-16-9-17(13-22)11-18(10-16)14-22/h1-4,16-18H,5-15H2,(H,23,24). The zero-order chi connectivity index (χ0) is 17.1. The predicted octanol–water partition coefficient (Wildman–Crippen LogP) is 3.65. The third kappa shape index (κ3) is 2.53. The molecular weight excluding hydrogens is 320 g/mol. The lowest BCUT2D eigenvalue weighted by Gasteiger charge is -2.61. The summed E-state index contributed by atoms with van der Waals surface area (Å²) < 4.78 is 0. The minimum absolute atomic E-state index is 0.584. The SMILES string of the molecule is c1ccc2[nH]c(CN3CCN(C45CC6CC(CC(C6)C4)C5)CC3)nc2c1. The van der Waals surface area contributed by atoms with Gasteiger partial charge in [0.25, 0.3) is 0 Å². The molecule has 26 heavy (non-hydrogen) atoms. The molecule has 1 N–H and O–H groups in total. The van der Waals surface area contributed by atoms with Crippen LogP contribution in [0.25, 0.3) is 11.0 Å². The maximum Gasteiger partial charge on any atom is 0.121 e. The van der Waals surface area contributed by atoms with E-state index in [4.69, 9.17) is 4.98 Å². The summed E-state index contributed by atoms with van der Waals surface area (Å²) in [6.07, 6.45) is 9.15. The second-order valence-corrected chi connectivity index (χ2v) is 9.61. The van der Waals surface area contributed by atoms with E-state index in [0.717, 1.165) is 41.2 Å². The first-order chi connectivity index (χ1) is 12.8. The number of imidazole rings is 1. The van der Waals surface area contributed by atoms with Gasteiger partial charge in [0.05, 0.1) is 17.6 Å². The molecule has 138 valence electrons. The minimum Gasteiger partial charge on any atom is -0.341 e. The zero-order valence-electron chi connectivity index (χ0n) is 15.7. The summed E-state index contributed by atoms with van der Waals surface area (Å²) in [4.78, 5) is 13.8. The zero-order valence-corrected chi connectivity index (χ0v) is 15.7. The highest BCUT2D eigenvalue weighted by Gasteiger charge is 2.53. The number of H-pyrrole nitrogens is 1. The molecule has 1 saturated heterocycles. The van der Waals surface area contributed by atoms with Crippen molar-refractivity contribution in [1.82, 2.24) is 19.8 Å². The molecule has 1 aromatic heterocycles. The lowest BCUT2D eigenvalue weighted by Crippen LogP contribution is -2.63. The van der Waals surface area contributed by atoms with Gasteiger partial charge in [0.15, 0.2) is 0 Å². The van der Waals surface area contributed by atoms with Gasteiger partial charge in [-0.1, -0.05) is 12.1 Å². The van der Waals surface area contributed by atoms with E-state index in [9.17, 15) is 0 Å². The molecule has 4 bridgehead atoms. The van der Waals surface area contributed by atoms with Gasteiger partial charge in [0, 0.05) is 31.7 Å². The van der Waals surface area contributed by atoms with Gasteiger partial charge in [-0.25, -0.2) is 4.98 Å². The van der Waals surface area contributed by atoms with E-state index in [0.29, 0.717) is 5.54 Å². The van der Waals surface area contributed by atoms with Gasteiger partial charge < -0.3 is 4.98 Å². The summed E-state index contributed by atoms with van der Waals surface area (Å²) in [5, 5.41) is 0. The summed E-state index contributed by atoms with van der Waals surface area (Å²) in [6, 6.07) is 8.36. The molecule has 7 rings (SSSR count). The second kappa shape index (κ2) is 5.80. The van der Waals surface area contributed by atoms with E-state index >= 15 is 0 Å². The van der Waals surface area contributed by atoms with Gasteiger partial charge in [-0.15, -0.1) is 0 Å². The Morgan fingerprint density at radius 1 is 0.923 bits per heavy atom. The molecule has 2 aromatic rings. The molecule has 5 aliphatic rings. The molecule has 1 aromatic carbocycles. The van der Waals surface area contributed by atoms with Crippen LogP contribution in [0.3, 0.4) is 0 Å². The number of rotatable bonds is 3. The Labute approximate surface area is 156 Å². The molecule has 0 amide bonds. The quantitative estimate of drug-likeness (QED) is 0.918. The summed E-state index contributed by atoms with van der Waals surface area (Å²) in [7, 11) is 0. The maximum atomic E-state index is 4.77. The highest BCUT2D eigenvalue weighted by Crippen LogP contribution is 2.57. The van der Waals surface area contributed by atoms with Gasteiger partial charge >= 0.3 is 0 Å². The fourth-order valence-electron chi connectivity index (χ4n) is 7.12. The number of hydrogen-bond acceptors (Lipinski definition) is 3. The van der Waals surface area contributed by atoms with Crippen LogP contribution in [0, 0.1) is 17.8 Å². The Balaban J connectivity index is 1.12. The van der Waals surface area contributed by atoms with E-state index in [1.807, 2.05) is 0 Å². The average molecular weight is 351 g/mol. The normalized spacial score (nSPS) is 37.6. The Kier molecular flexibility index (Phi) is 3.49. The van der Waals surface area contributed by atoms with Crippen LogP contribution < -0.4 is 0 Å². The second-order valence-electron chi connectivity index (χ2n) is 9.61. The van der Waals surface area contributed by atoms with Crippen molar-refractivity contribution in [2.45, 2.75) is 50.6 Å². The van der Waals surface area contributed by atoms with E-state index in [1.165, 1.54) is 45.4 Å². The first-order valence-corrected chi connectivity index (χ1v) is 10.7. The van der Waals surface area contributed by atoms with Crippen molar-refractivity contribution in [3.05, 3.63) is 30.1 Å². The molecule has 5 fully saturated rings. The average Bonchev–Trinajstić information content (AvgIpc) is 3.03. The van der Waals surface area contributed by atoms with Gasteiger partial charge in [0.2, 0.25) is 0 Å². The van der Waals surface area contributed by atoms with Crippen LogP contribution in [0.5, 0.6) is 0 Å². The summed E-state index contributed by atoms with van der Waals surface area (Å²) in [6.45, 7) is 5.86. The molecule has 4 saturated carbocycles. The van der Waals surface area contributed by atoms with Crippen molar-refractivity contribution in [2.24, 2.45) is 17.8 Å². The van der Waals surface area contributed by atoms with Crippen LogP contribution in [0.15, 0.2) is 24.3 Å². The number of nitrogens with one attached hydrogen (secondary N) is 1. The molecule has 4 nitrogen and oxygen atoms in total. The number of aromatic nitrogens is 2. The number of fused-ring (bicyclic) bond motifs is 1. The molecular formula is C22H30N4. The fraction of sp³-hybridized carbons (Fsp3) is 0.682. The lowest BCUT2D eigenvalue weighted by atomic mass is 9.52. The van der Waals surface area contributed by atoms with E-state index in [1.54, 1.807) is 19.3 Å². The summed E-state index contributed by atoms with van der Waals surface area (Å²) >= 11 is 0. The number of nitrogens with zero attached hydrogens (tertiary/aromatic N) is 3. The molecule has 0 radical (unpaired) electrons. The first-order valence-electron chi connectivity index (χ1n) is 10.7. The van der Waals surface area contributed by atoms with Crippen LogP contribution in [0.2, 0.25) is 0 Å². The highest BCUT2D eigenvalue weighted by atomic mass is 15.3. The first kappa shape index (κ1) is 15.6. The van der Waals surface area contributed by atoms with Crippen LogP contribution in [-0.4, -0.2) is 51.5 Å². The number of aromatic amines is 1. The topological polar surface area (TPSA) is 35.2 Å². The van der Waals surface area contributed by atoms with Crippen molar-refractivity contribution in [3.63, 3.8) is 0 Å². The van der Waals surface area contributed by atoms with Gasteiger partial charge in [0.1, 0.15) is 5.82 Å². The Bertz CT molecular complexity index is 733. The van der Waals surface area contributed by atoms with Crippen molar-refractivity contribution in [2.75, 3.05) is 26.2 Å². The van der Waals surface area contributed by atoms with Crippen LogP contribution in [-0.2, 0) is 6.54 Å². The van der Waals surface area contributed by atoms with Crippen LogP contribution >= 0.6 is 0 Å². The van der Waals surface area contributed by atoms with Gasteiger partial charge in [-0.2, -0.15) is 0 Å². The number of para-hydroxylation sites is 2. The number of hydrogen-bond donors (Lipinski definition) is 1. The van der Waals surface area contributed by atoms with E-state index < -0.39 is 0 Å². The highest BCUT2D eigenvalue weighted by molar-refractivity contribution is 5.74. The van der Waals surface area contributed by atoms with E-state index in [-0.39, 0.29) is 0 Å². The van der Waals surface area contributed by atoms with Gasteiger partial charge in [-0.3, -0.25) is 9.80 Å². The summed E-state index contributed by atoms with van der Waals surface area (Å²) in [5.74, 6) is 4.27. The number of benzene rings is 1. The van der Waals surface area contributed by atoms with Crippen LogP contribution in [0.4, 0.5) is 0 Å². The molecule has 0 atom stereocenters. The third-order valence-electron chi connectivity index (χ3n) is 7.86. The molecule has 4 heteroatoms. The fourth-order valence-corrected chi connectivity index (χ4v) is 7.12. The summed E-state index contributed by atoms with van der Waals surface area (Å²) in [5.41, 5.74) is 2.84. The van der Waals surface area contributed by atoms with Crippen molar-refractivity contribution in [1.29, 1.82) is 0 Å². The Morgan fingerprint density at radius 2 is 1.58 bits per heavy atom. The predicted molar refractivity (Wildman–Crippen MR) is 104 cm³/mol. The van der Waals surface area contributed by atoms with Crippen molar-refractivity contribution >= 4 is 11.0 Å². The largest absolute Gasteiger partial charge is 0.341 e. The smallest absolute Gasteiger partial charge is 0.121 e. The Hall–Kier alpha value is -1.39. The molecule has 4 aliphatic carbocycles. The molecule has 1 aliphatic heterocycles. The van der Waals surface area contributed by atoms with Gasteiger partial charge in [-0.05, 0) is 68.4 Å². The minimum atomic E-state index is 0.584. The number of piperazine rings is 1. The molecule has 0 spiro atoms. The monoisotopic (exact) mass is 350 g/mol. The van der Waals surface area contributed by atoms with Crippen molar-refractivity contribution in [3.8, 4) is 0 Å². The van der Waals surface area contributed by atoms with E-state index in [2.05, 4.69) is 39.0 Å². The third-order valence-corrected chi connectivity index (χ3v) is 7.86. The van der Waals surface area contributed by atoms with Crippen molar-refractivity contribution < 1.29 is 0 Å².